The highest BCUT2D eigenvalue weighted by molar-refractivity contribution is 14.1. The second kappa shape index (κ2) is 8.57. The lowest BCUT2D eigenvalue weighted by Crippen LogP contribution is -2.42. The Bertz CT molecular complexity index is 324. The number of carboxylic acids is 1. The quantitative estimate of drug-likeness (QED) is 0.249. The fourth-order valence-electron chi connectivity index (χ4n) is 2.09. The molecule has 0 aromatic rings. The van der Waals surface area contributed by atoms with E-state index in [0.717, 1.165) is 0 Å². The largest absolute Gasteiger partial charge is 0.481 e. The van der Waals surface area contributed by atoms with Crippen molar-refractivity contribution >= 4 is 57.1 Å². The van der Waals surface area contributed by atoms with Gasteiger partial charge in [-0.05, 0) is 12.8 Å². The first-order chi connectivity index (χ1) is 8.97. The van der Waals surface area contributed by atoms with Crippen LogP contribution in [-0.2, 0) is 19.1 Å². The average Bonchev–Trinajstić information content (AvgIpc) is 2.38. The number of aliphatic hydroxyl groups is 1. The zero-order chi connectivity index (χ0) is 14.4. The van der Waals surface area contributed by atoms with Gasteiger partial charge in [0.1, 0.15) is 6.10 Å². The van der Waals surface area contributed by atoms with Crippen LogP contribution in [0, 0.1) is 5.92 Å². The molecule has 110 valence electrons. The summed E-state index contributed by atoms with van der Waals surface area (Å²) in [6.45, 7) is 0. The second-order valence-electron chi connectivity index (χ2n) is 4.29. The molecule has 2 N–H and O–H groups in total. The van der Waals surface area contributed by atoms with Gasteiger partial charge in [0.15, 0.2) is 6.29 Å². The molecule has 4 atom stereocenters. The molecule has 1 aliphatic rings. The van der Waals surface area contributed by atoms with Gasteiger partial charge in [-0.3, -0.25) is 9.59 Å². The van der Waals surface area contributed by atoms with Gasteiger partial charge in [0.25, 0.3) is 0 Å². The lowest BCUT2D eigenvalue weighted by atomic mass is 9.84. The van der Waals surface area contributed by atoms with Crippen molar-refractivity contribution in [2.45, 2.75) is 37.8 Å². The van der Waals surface area contributed by atoms with Gasteiger partial charge in [0.05, 0.1) is 20.9 Å². The van der Waals surface area contributed by atoms with Crippen LogP contribution in [0.1, 0.15) is 19.3 Å². The Morgan fingerprint density at radius 2 is 2.00 bits per heavy atom. The average molecular weight is 498 g/mol. The first-order valence-electron chi connectivity index (χ1n) is 5.85. The van der Waals surface area contributed by atoms with E-state index in [4.69, 9.17) is 14.6 Å². The molecule has 19 heavy (non-hydrogen) atoms. The van der Waals surface area contributed by atoms with E-state index < -0.39 is 30.3 Å². The van der Waals surface area contributed by atoms with Crippen LogP contribution in [0.3, 0.4) is 0 Å². The van der Waals surface area contributed by atoms with Gasteiger partial charge in [0.2, 0.25) is 0 Å². The summed E-state index contributed by atoms with van der Waals surface area (Å²) in [4.78, 5) is 22.5. The third kappa shape index (κ3) is 5.68. The molecule has 0 bridgehead atoms. The fourth-order valence-corrected chi connectivity index (χ4v) is 2.48. The highest BCUT2D eigenvalue weighted by atomic mass is 127. The van der Waals surface area contributed by atoms with Crippen molar-refractivity contribution in [3.8, 4) is 0 Å². The van der Waals surface area contributed by atoms with Crippen LogP contribution in [0.25, 0.3) is 0 Å². The minimum absolute atomic E-state index is 0.183. The summed E-state index contributed by atoms with van der Waals surface area (Å²) in [6.07, 6.45) is -0.580. The minimum Gasteiger partial charge on any atom is -0.481 e. The van der Waals surface area contributed by atoms with E-state index >= 15 is 0 Å². The van der Waals surface area contributed by atoms with Crippen LogP contribution in [0.5, 0.6) is 0 Å². The third-order valence-electron chi connectivity index (χ3n) is 2.93. The number of hydrogen-bond acceptors (Lipinski definition) is 5. The predicted molar refractivity (Wildman–Crippen MR) is 83.5 cm³/mol. The molecule has 1 aliphatic carbocycles. The van der Waals surface area contributed by atoms with Gasteiger partial charge in [-0.2, -0.15) is 0 Å². The molecule has 1 fully saturated rings. The zero-order valence-corrected chi connectivity index (χ0v) is 14.4. The Morgan fingerprint density at radius 1 is 1.32 bits per heavy atom. The summed E-state index contributed by atoms with van der Waals surface area (Å²) in [5.74, 6) is -2.07. The van der Waals surface area contributed by atoms with Crippen LogP contribution in [0.15, 0.2) is 0 Å². The van der Waals surface area contributed by atoms with Crippen LogP contribution < -0.4 is 0 Å². The van der Waals surface area contributed by atoms with Gasteiger partial charge in [0, 0.05) is 6.42 Å². The number of carbonyl (C=O) groups is 2. The summed E-state index contributed by atoms with van der Waals surface area (Å²) in [6, 6.07) is 0. The van der Waals surface area contributed by atoms with Gasteiger partial charge in [-0.15, -0.1) is 0 Å². The van der Waals surface area contributed by atoms with E-state index in [1.807, 2.05) is 45.2 Å². The minimum atomic E-state index is -0.959. The van der Waals surface area contributed by atoms with Crippen molar-refractivity contribution in [2.24, 2.45) is 5.92 Å². The highest BCUT2D eigenvalue weighted by Crippen LogP contribution is 2.30. The van der Waals surface area contributed by atoms with E-state index in [1.165, 1.54) is 0 Å². The maximum atomic E-state index is 11.3. The molecule has 0 amide bonds. The monoisotopic (exact) mass is 498 g/mol. The smallest absolute Gasteiger partial charge is 0.316 e. The number of aliphatic hydroxyl groups excluding tert-OH is 1. The number of aliphatic carboxylic acids is 1. The number of ether oxygens (including phenoxy) is 2. The fraction of sp³-hybridized carbons (Fsp3) is 0.818. The Morgan fingerprint density at radius 3 is 2.53 bits per heavy atom. The van der Waals surface area contributed by atoms with Crippen LogP contribution in [-0.4, -0.2) is 49.5 Å². The number of alkyl halides is 2. The SMILES string of the molecule is O=C(CI)OC1CC(OC(O)CI)CCC1C(=O)O. The summed E-state index contributed by atoms with van der Waals surface area (Å²) in [5.41, 5.74) is 0. The van der Waals surface area contributed by atoms with Crippen molar-refractivity contribution in [3.05, 3.63) is 0 Å². The first-order valence-corrected chi connectivity index (χ1v) is 8.90. The number of rotatable bonds is 6. The molecule has 0 radical (unpaired) electrons. The van der Waals surface area contributed by atoms with Crippen molar-refractivity contribution in [1.82, 2.24) is 0 Å². The normalized spacial score (nSPS) is 28.7. The van der Waals surface area contributed by atoms with E-state index in [-0.39, 0.29) is 10.5 Å². The lowest BCUT2D eigenvalue weighted by Gasteiger charge is -2.34. The van der Waals surface area contributed by atoms with E-state index in [1.54, 1.807) is 0 Å². The van der Waals surface area contributed by atoms with Crippen molar-refractivity contribution < 1.29 is 29.3 Å². The van der Waals surface area contributed by atoms with Crippen LogP contribution >= 0.6 is 45.2 Å². The topological polar surface area (TPSA) is 93.1 Å². The maximum Gasteiger partial charge on any atom is 0.316 e. The summed E-state index contributed by atoms with van der Waals surface area (Å²) in [5, 5.41) is 18.6. The van der Waals surface area contributed by atoms with E-state index in [0.29, 0.717) is 23.7 Å². The van der Waals surface area contributed by atoms with Gasteiger partial charge in [-0.25, -0.2) is 0 Å². The molecule has 4 unspecified atom stereocenters. The number of halogens is 2. The molecule has 1 saturated carbocycles. The van der Waals surface area contributed by atoms with Gasteiger partial charge >= 0.3 is 11.9 Å². The van der Waals surface area contributed by atoms with Crippen LogP contribution in [0.2, 0.25) is 0 Å². The molecule has 0 saturated heterocycles. The number of carbonyl (C=O) groups excluding carboxylic acids is 1. The Kier molecular flexibility index (Phi) is 7.84. The van der Waals surface area contributed by atoms with Crippen molar-refractivity contribution in [2.75, 3.05) is 8.86 Å². The molecule has 0 aliphatic heterocycles. The maximum absolute atomic E-state index is 11.3. The molecular formula is C11H16I2O6. The Labute approximate surface area is 138 Å². The predicted octanol–water partition coefficient (Wildman–Crippen LogP) is 1.36. The highest BCUT2D eigenvalue weighted by Gasteiger charge is 2.38. The number of carboxylic acid groups (broad SMARTS) is 1. The zero-order valence-electron chi connectivity index (χ0n) is 10.1. The molecule has 0 heterocycles. The standard InChI is InChI=1S/C11H16I2O6/c12-4-9(14)18-6-1-2-7(11(16)17)8(3-6)19-10(15)5-13/h6-9,14H,1-5H2,(H,16,17). The van der Waals surface area contributed by atoms with E-state index in [2.05, 4.69) is 0 Å². The molecule has 0 aromatic heterocycles. The molecule has 8 heteroatoms. The second-order valence-corrected chi connectivity index (χ2v) is 5.93. The summed E-state index contributed by atoms with van der Waals surface area (Å²) in [7, 11) is 0. The Hall–Kier alpha value is 0.320. The van der Waals surface area contributed by atoms with E-state index in [9.17, 15) is 14.7 Å². The number of hydrogen-bond donors (Lipinski definition) is 2. The molecule has 6 nitrogen and oxygen atoms in total. The summed E-state index contributed by atoms with van der Waals surface area (Å²) < 4.78 is 11.2. The molecule has 1 rings (SSSR count). The Balaban J connectivity index is 2.62. The van der Waals surface area contributed by atoms with Gasteiger partial charge < -0.3 is 19.7 Å². The van der Waals surface area contributed by atoms with Gasteiger partial charge in [-0.1, -0.05) is 45.2 Å². The molecular weight excluding hydrogens is 482 g/mol. The summed E-state index contributed by atoms with van der Waals surface area (Å²) >= 11 is 3.87. The van der Waals surface area contributed by atoms with Crippen molar-refractivity contribution in [1.29, 1.82) is 0 Å². The first kappa shape index (κ1) is 17.4. The van der Waals surface area contributed by atoms with Crippen molar-refractivity contribution in [3.63, 3.8) is 0 Å². The van der Waals surface area contributed by atoms with Crippen LogP contribution in [0.4, 0.5) is 0 Å². The lowest BCUT2D eigenvalue weighted by molar-refractivity contribution is -0.173. The third-order valence-corrected chi connectivity index (χ3v) is 4.31. The number of esters is 1. The molecule has 0 aromatic carbocycles. The molecule has 0 spiro atoms.